The van der Waals surface area contributed by atoms with E-state index >= 15 is 0 Å². The van der Waals surface area contributed by atoms with Crippen LogP contribution in [-0.4, -0.2) is 14.2 Å². The minimum absolute atomic E-state index is 0.636. The molecule has 0 saturated carbocycles. The van der Waals surface area contributed by atoms with Crippen LogP contribution in [0.1, 0.15) is 0 Å². The molecule has 0 fully saturated rings. The van der Waals surface area contributed by atoms with Gasteiger partial charge in [-0.15, -0.1) is 0 Å². The first-order valence-corrected chi connectivity index (χ1v) is 5.19. The summed E-state index contributed by atoms with van der Waals surface area (Å²) in [5, 5.41) is 0. The number of benzene rings is 2. The van der Waals surface area contributed by atoms with Gasteiger partial charge in [-0.3, -0.25) is 0 Å². The molecule has 17 heavy (non-hydrogen) atoms. The van der Waals surface area contributed by atoms with Gasteiger partial charge in [0.1, 0.15) is 11.5 Å². The first kappa shape index (κ1) is 11.3. The molecule has 0 aliphatic heterocycles. The van der Waals surface area contributed by atoms with Gasteiger partial charge in [-0.05, 0) is 30.3 Å². The van der Waals surface area contributed by atoms with Crippen LogP contribution < -0.4 is 14.2 Å². The average molecular weight is 229 g/mol. The summed E-state index contributed by atoms with van der Waals surface area (Å²) in [5.74, 6) is 2.76. The molecule has 0 atom stereocenters. The molecule has 0 spiro atoms. The van der Waals surface area contributed by atoms with Crippen LogP contribution in [0.5, 0.6) is 23.0 Å². The third-order valence-electron chi connectivity index (χ3n) is 2.29. The van der Waals surface area contributed by atoms with Gasteiger partial charge in [-0.2, -0.15) is 0 Å². The van der Waals surface area contributed by atoms with Crippen molar-refractivity contribution in [2.75, 3.05) is 14.2 Å². The fraction of sp³-hybridized carbons (Fsp3) is 0.143. The van der Waals surface area contributed by atoms with Crippen molar-refractivity contribution in [2.45, 2.75) is 0 Å². The molecule has 3 heteroatoms. The van der Waals surface area contributed by atoms with E-state index in [1.807, 2.05) is 24.3 Å². The molecule has 0 aliphatic carbocycles. The fourth-order valence-corrected chi connectivity index (χ4v) is 1.43. The molecular weight excluding hydrogens is 216 g/mol. The number of ether oxygens (including phenoxy) is 3. The van der Waals surface area contributed by atoms with Crippen LogP contribution in [0.2, 0.25) is 0 Å². The van der Waals surface area contributed by atoms with Gasteiger partial charge in [0.05, 0.1) is 14.2 Å². The van der Waals surface area contributed by atoms with Crippen LogP contribution in [0.15, 0.2) is 42.5 Å². The molecule has 2 aromatic carbocycles. The van der Waals surface area contributed by atoms with Gasteiger partial charge in [-0.25, -0.2) is 0 Å². The third-order valence-corrected chi connectivity index (χ3v) is 2.29. The maximum atomic E-state index is 5.70. The Morgan fingerprint density at radius 2 is 1.59 bits per heavy atom. The Bertz CT molecular complexity index is 480. The van der Waals surface area contributed by atoms with Gasteiger partial charge in [-0.1, -0.05) is 12.1 Å². The molecule has 0 amide bonds. The van der Waals surface area contributed by atoms with Crippen LogP contribution in [0.25, 0.3) is 0 Å². The molecule has 0 bridgehead atoms. The van der Waals surface area contributed by atoms with Crippen molar-refractivity contribution < 1.29 is 14.2 Å². The van der Waals surface area contributed by atoms with Gasteiger partial charge >= 0.3 is 0 Å². The van der Waals surface area contributed by atoms with E-state index in [0.29, 0.717) is 11.5 Å². The minimum atomic E-state index is 0.636. The summed E-state index contributed by atoms with van der Waals surface area (Å²) in [4.78, 5) is 0. The number of hydrogen-bond donors (Lipinski definition) is 0. The van der Waals surface area contributed by atoms with E-state index in [2.05, 4.69) is 6.07 Å². The zero-order chi connectivity index (χ0) is 12.1. The highest BCUT2D eigenvalue weighted by molar-refractivity contribution is 5.47. The molecule has 0 aliphatic rings. The Morgan fingerprint density at radius 1 is 0.824 bits per heavy atom. The molecule has 0 aromatic heterocycles. The van der Waals surface area contributed by atoms with E-state index in [4.69, 9.17) is 14.2 Å². The second-order valence-electron chi connectivity index (χ2n) is 3.35. The number of methoxy groups -OCH3 is 2. The molecule has 0 N–H and O–H groups in total. The first-order valence-electron chi connectivity index (χ1n) is 5.19. The monoisotopic (exact) mass is 229 g/mol. The molecule has 0 saturated heterocycles. The Morgan fingerprint density at radius 3 is 2.24 bits per heavy atom. The van der Waals surface area contributed by atoms with E-state index in [1.54, 1.807) is 32.4 Å². The quantitative estimate of drug-likeness (QED) is 0.805. The van der Waals surface area contributed by atoms with Gasteiger partial charge in [0, 0.05) is 6.07 Å². The van der Waals surface area contributed by atoms with Crippen molar-refractivity contribution in [2.24, 2.45) is 0 Å². The molecule has 87 valence electrons. The highest BCUT2D eigenvalue weighted by Crippen LogP contribution is 2.34. The zero-order valence-corrected chi connectivity index (χ0v) is 9.77. The molecule has 2 aromatic rings. The van der Waals surface area contributed by atoms with Crippen molar-refractivity contribution >= 4 is 0 Å². The van der Waals surface area contributed by atoms with Crippen molar-refractivity contribution in [3.05, 3.63) is 48.5 Å². The van der Waals surface area contributed by atoms with E-state index in [-0.39, 0.29) is 0 Å². The Balaban J connectivity index is 2.26. The Kier molecular flexibility index (Phi) is 3.50. The van der Waals surface area contributed by atoms with Crippen molar-refractivity contribution in [1.29, 1.82) is 0 Å². The molecule has 0 heterocycles. The minimum Gasteiger partial charge on any atom is -0.497 e. The predicted octanol–water partition coefficient (Wildman–Crippen LogP) is 3.30. The summed E-state index contributed by atoms with van der Waals surface area (Å²) < 4.78 is 16.1. The molecule has 2 rings (SSSR count). The standard InChI is InChI=1S/C14H13O3/c1-15-12-8-9-13(14(10-12)16-2)17-11-6-4-3-5-7-11/h4-10H,1-2H3. The fourth-order valence-electron chi connectivity index (χ4n) is 1.43. The Labute approximate surface area is 101 Å². The van der Waals surface area contributed by atoms with E-state index in [1.165, 1.54) is 0 Å². The maximum Gasteiger partial charge on any atom is 0.169 e. The van der Waals surface area contributed by atoms with Gasteiger partial charge in [0.15, 0.2) is 11.5 Å². The van der Waals surface area contributed by atoms with Gasteiger partial charge in [0.2, 0.25) is 0 Å². The van der Waals surface area contributed by atoms with Crippen LogP contribution in [-0.2, 0) is 0 Å². The molecule has 1 radical (unpaired) electrons. The smallest absolute Gasteiger partial charge is 0.169 e. The lowest BCUT2D eigenvalue weighted by molar-refractivity contribution is 0.369. The van der Waals surface area contributed by atoms with Crippen LogP contribution >= 0.6 is 0 Å². The first-order chi connectivity index (χ1) is 8.33. The Hall–Kier alpha value is -2.16. The SMILES string of the molecule is COc1ccc(Oc2cc[c]cc2)c(OC)c1. The van der Waals surface area contributed by atoms with E-state index < -0.39 is 0 Å². The molecule has 0 unspecified atom stereocenters. The van der Waals surface area contributed by atoms with Crippen molar-refractivity contribution in [3.8, 4) is 23.0 Å². The highest BCUT2D eigenvalue weighted by atomic mass is 16.5. The lowest BCUT2D eigenvalue weighted by Crippen LogP contribution is -1.91. The predicted molar refractivity (Wildman–Crippen MR) is 64.9 cm³/mol. The largest absolute Gasteiger partial charge is 0.497 e. The second-order valence-corrected chi connectivity index (χ2v) is 3.35. The molecular formula is C14H13O3. The van der Waals surface area contributed by atoms with E-state index in [9.17, 15) is 0 Å². The van der Waals surface area contributed by atoms with Gasteiger partial charge < -0.3 is 14.2 Å². The second kappa shape index (κ2) is 5.25. The zero-order valence-electron chi connectivity index (χ0n) is 9.77. The summed E-state index contributed by atoms with van der Waals surface area (Å²) >= 11 is 0. The van der Waals surface area contributed by atoms with Crippen LogP contribution in [0.4, 0.5) is 0 Å². The van der Waals surface area contributed by atoms with Gasteiger partial charge in [0.25, 0.3) is 0 Å². The maximum absolute atomic E-state index is 5.70. The average Bonchev–Trinajstić information content (AvgIpc) is 2.40. The van der Waals surface area contributed by atoms with E-state index in [0.717, 1.165) is 11.5 Å². The summed E-state index contributed by atoms with van der Waals surface area (Å²) in [7, 11) is 3.21. The lowest BCUT2D eigenvalue weighted by atomic mass is 10.3. The summed E-state index contributed by atoms with van der Waals surface area (Å²) in [6.07, 6.45) is 0. The van der Waals surface area contributed by atoms with Crippen molar-refractivity contribution in [3.63, 3.8) is 0 Å². The normalized spacial score (nSPS) is 9.76. The number of rotatable bonds is 4. The summed E-state index contributed by atoms with van der Waals surface area (Å²) in [6, 6.07) is 15.6. The van der Waals surface area contributed by atoms with Crippen LogP contribution in [0.3, 0.4) is 0 Å². The number of hydrogen-bond acceptors (Lipinski definition) is 3. The highest BCUT2D eigenvalue weighted by Gasteiger charge is 2.06. The topological polar surface area (TPSA) is 27.7 Å². The summed E-state index contributed by atoms with van der Waals surface area (Å²) in [5.41, 5.74) is 0. The van der Waals surface area contributed by atoms with Crippen LogP contribution in [0, 0.1) is 6.07 Å². The third kappa shape index (κ3) is 2.69. The summed E-state index contributed by atoms with van der Waals surface area (Å²) in [6.45, 7) is 0. The molecule has 3 nitrogen and oxygen atoms in total. The lowest BCUT2D eigenvalue weighted by Gasteiger charge is -2.11. The van der Waals surface area contributed by atoms with Crippen molar-refractivity contribution in [1.82, 2.24) is 0 Å².